The normalized spacial score (nSPS) is 19.0. The van der Waals surface area contributed by atoms with E-state index in [1.165, 1.54) is 0 Å². The van der Waals surface area contributed by atoms with Gasteiger partial charge in [-0.05, 0) is 17.7 Å². The Labute approximate surface area is 157 Å². The maximum Gasteiger partial charge on any atom is 0.323 e. The van der Waals surface area contributed by atoms with Gasteiger partial charge in [-0.25, -0.2) is 0 Å². The number of hydrogen-bond acceptors (Lipinski definition) is 4. The fourth-order valence-electron chi connectivity index (χ4n) is 2.93. The maximum absolute atomic E-state index is 12.6. The molecule has 1 saturated heterocycles. The van der Waals surface area contributed by atoms with Crippen LogP contribution in [0.25, 0.3) is 5.76 Å². The number of aliphatic carboxylic acids is 1. The van der Waals surface area contributed by atoms with Crippen molar-refractivity contribution in [3.05, 3.63) is 75.8 Å². The molecule has 2 aromatic carbocycles. The summed E-state index contributed by atoms with van der Waals surface area (Å²) in [5.74, 6) is -3.42. The van der Waals surface area contributed by atoms with Crippen molar-refractivity contribution in [2.75, 3.05) is 6.54 Å². The fraction of sp³-hybridized carbons (Fsp3) is 0.105. The minimum Gasteiger partial charge on any atom is -0.507 e. The van der Waals surface area contributed by atoms with E-state index in [0.29, 0.717) is 11.1 Å². The Bertz CT molecular complexity index is 905. The molecule has 0 aromatic heterocycles. The number of carbonyl (C=O) groups excluding carboxylic acids is 2. The lowest BCUT2D eigenvalue weighted by molar-refractivity contribution is -0.146. The molecule has 7 heteroatoms. The predicted octanol–water partition coefficient (Wildman–Crippen LogP) is 2.96. The SMILES string of the molecule is O=C(O)CN1C(=O)C(=O)/C(=C(/O)c2ccc(Br)cc2)[C@H]1c1ccccc1. The minimum absolute atomic E-state index is 0.121. The second-order valence-electron chi connectivity index (χ2n) is 5.74. The quantitative estimate of drug-likeness (QED) is 0.454. The lowest BCUT2D eigenvalue weighted by atomic mass is 9.95. The molecule has 26 heavy (non-hydrogen) atoms. The van der Waals surface area contributed by atoms with Crippen LogP contribution < -0.4 is 0 Å². The van der Waals surface area contributed by atoms with E-state index in [1.54, 1.807) is 54.6 Å². The van der Waals surface area contributed by atoms with Crippen molar-refractivity contribution in [3.8, 4) is 0 Å². The second-order valence-corrected chi connectivity index (χ2v) is 6.65. The van der Waals surface area contributed by atoms with Crippen LogP contribution in [0, 0.1) is 0 Å². The predicted molar refractivity (Wildman–Crippen MR) is 97.2 cm³/mol. The van der Waals surface area contributed by atoms with Crippen LogP contribution in [0.2, 0.25) is 0 Å². The van der Waals surface area contributed by atoms with Crippen molar-refractivity contribution < 1.29 is 24.6 Å². The molecular formula is C19H14BrNO5. The molecule has 3 rings (SSSR count). The van der Waals surface area contributed by atoms with E-state index in [2.05, 4.69) is 15.9 Å². The largest absolute Gasteiger partial charge is 0.507 e. The smallest absolute Gasteiger partial charge is 0.323 e. The Morgan fingerprint density at radius 3 is 2.19 bits per heavy atom. The number of amides is 1. The Balaban J connectivity index is 2.18. The number of carboxylic acids is 1. The molecule has 1 amide bonds. The van der Waals surface area contributed by atoms with Crippen LogP contribution in [0.1, 0.15) is 17.2 Å². The highest BCUT2D eigenvalue weighted by Crippen LogP contribution is 2.39. The number of Topliss-reactive ketones (excluding diaryl/α,β-unsaturated/α-hetero) is 1. The van der Waals surface area contributed by atoms with Crippen LogP contribution in [-0.2, 0) is 14.4 Å². The van der Waals surface area contributed by atoms with E-state index in [0.717, 1.165) is 9.37 Å². The van der Waals surface area contributed by atoms with Gasteiger partial charge in [0.15, 0.2) is 0 Å². The van der Waals surface area contributed by atoms with Crippen molar-refractivity contribution >= 4 is 39.3 Å². The third-order valence-corrected chi connectivity index (χ3v) is 4.61. The number of aliphatic hydroxyl groups excluding tert-OH is 1. The summed E-state index contributed by atoms with van der Waals surface area (Å²) >= 11 is 3.29. The van der Waals surface area contributed by atoms with Gasteiger partial charge in [-0.3, -0.25) is 14.4 Å². The van der Waals surface area contributed by atoms with E-state index in [1.807, 2.05) is 0 Å². The first-order valence-corrected chi connectivity index (χ1v) is 8.50. The number of carboxylic acid groups (broad SMARTS) is 1. The van der Waals surface area contributed by atoms with Crippen LogP contribution in [0.3, 0.4) is 0 Å². The van der Waals surface area contributed by atoms with Gasteiger partial charge in [-0.1, -0.05) is 58.4 Å². The second kappa shape index (κ2) is 7.13. The molecule has 1 aliphatic rings. The first-order chi connectivity index (χ1) is 12.4. The van der Waals surface area contributed by atoms with Crippen LogP contribution in [-0.4, -0.2) is 39.3 Å². The number of likely N-dealkylation sites (tertiary alicyclic amines) is 1. The number of halogens is 1. The van der Waals surface area contributed by atoms with Crippen molar-refractivity contribution in [2.24, 2.45) is 0 Å². The summed E-state index contributed by atoms with van der Waals surface area (Å²) in [5.41, 5.74) is 0.791. The van der Waals surface area contributed by atoms with Gasteiger partial charge in [0.05, 0.1) is 11.6 Å². The number of hydrogen-bond donors (Lipinski definition) is 2. The van der Waals surface area contributed by atoms with Crippen LogP contribution in [0.15, 0.2) is 64.6 Å². The Hall–Kier alpha value is -2.93. The average Bonchev–Trinajstić information content (AvgIpc) is 2.87. The lowest BCUT2D eigenvalue weighted by Gasteiger charge is -2.23. The van der Waals surface area contributed by atoms with Gasteiger partial charge in [0, 0.05) is 10.0 Å². The zero-order valence-electron chi connectivity index (χ0n) is 13.4. The van der Waals surface area contributed by atoms with Crippen molar-refractivity contribution in [1.29, 1.82) is 0 Å². The molecule has 1 heterocycles. The summed E-state index contributed by atoms with van der Waals surface area (Å²) in [4.78, 5) is 37.1. The molecule has 1 fully saturated rings. The molecule has 6 nitrogen and oxygen atoms in total. The fourth-order valence-corrected chi connectivity index (χ4v) is 3.20. The molecule has 0 aliphatic carbocycles. The summed E-state index contributed by atoms with van der Waals surface area (Å²) in [6.07, 6.45) is 0. The first-order valence-electron chi connectivity index (χ1n) is 7.71. The van der Waals surface area contributed by atoms with E-state index in [-0.39, 0.29) is 11.3 Å². The summed E-state index contributed by atoms with van der Waals surface area (Å²) in [6, 6.07) is 14.2. The third kappa shape index (κ3) is 3.25. The standard InChI is InChI=1S/C19H14BrNO5/c20-13-8-6-12(7-9-13)17(24)15-16(11-4-2-1-3-5-11)21(10-14(22)23)19(26)18(15)25/h1-9,16,24H,10H2,(H,22,23)/b17-15+/t16-/m1/s1. The van der Waals surface area contributed by atoms with Crippen molar-refractivity contribution in [1.82, 2.24) is 4.90 Å². The van der Waals surface area contributed by atoms with Crippen LogP contribution >= 0.6 is 15.9 Å². The van der Waals surface area contributed by atoms with Gasteiger partial charge < -0.3 is 15.1 Å². The first kappa shape index (κ1) is 17.9. The summed E-state index contributed by atoms with van der Waals surface area (Å²) in [7, 11) is 0. The Morgan fingerprint density at radius 2 is 1.62 bits per heavy atom. The zero-order valence-corrected chi connectivity index (χ0v) is 15.0. The van der Waals surface area contributed by atoms with Crippen LogP contribution in [0.5, 0.6) is 0 Å². The zero-order chi connectivity index (χ0) is 18.8. The van der Waals surface area contributed by atoms with Gasteiger partial charge in [-0.2, -0.15) is 0 Å². The molecule has 132 valence electrons. The van der Waals surface area contributed by atoms with E-state index >= 15 is 0 Å². The highest BCUT2D eigenvalue weighted by molar-refractivity contribution is 9.10. The molecule has 0 spiro atoms. The van der Waals surface area contributed by atoms with Crippen molar-refractivity contribution in [3.63, 3.8) is 0 Å². The number of aliphatic hydroxyl groups is 1. The number of benzene rings is 2. The van der Waals surface area contributed by atoms with Gasteiger partial charge in [0.2, 0.25) is 0 Å². The van der Waals surface area contributed by atoms with Gasteiger partial charge in [0.1, 0.15) is 12.3 Å². The number of rotatable bonds is 4. The molecule has 0 radical (unpaired) electrons. The molecule has 0 saturated carbocycles. The molecule has 0 unspecified atom stereocenters. The Morgan fingerprint density at radius 1 is 1.00 bits per heavy atom. The van der Waals surface area contributed by atoms with Crippen LogP contribution in [0.4, 0.5) is 0 Å². The minimum atomic E-state index is -1.24. The van der Waals surface area contributed by atoms with E-state index < -0.39 is 30.2 Å². The topological polar surface area (TPSA) is 94.9 Å². The summed E-state index contributed by atoms with van der Waals surface area (Å²) < 4.78 is 0.792. The molecule has 1 aliphatic heterocycles. The molecule has 2 N–H and O–H groups in total. The number of carbonyl (C=O) groups is 3. The highest BCUT2D eigenvalue weighted by Gasteiger charge is 2.46. The van der Waals surface area contributed by atoms with Gasteiger partial charge in [0.25, 0.3) is 11.7 Å². The number of ketones is 1. The lowest BCUT2D eigenvalue weighted by Crippen LogP contribution is -2.34. The Kier molecular flexibility index (Phi) is 4.90. The third-order valence-electron chi connectivity index (χ3n) is 4.08. The molecular weight excluding hydrogens is 402 g/mol. The van der Waals surface area contributed by atoms with Gasteiger partial charge in [-0.15, -0.1) is 0 Å². The van der Waals surface area contributed by atoms with Gasteiger partial charge >= 0.3 is 5.97 Å². The molecule has 0 bridgehead atoms. The summed E-state index contributed by atoms with van der Waals surface area (Å²) in [6.45, 7) is -0.638. The van der Waals surface area contributed by atoms with Crippen molar-refractivity contribution in [2.45, 2.75) is 6.04 Å². The van der Waals surface area contributed by atoms with E-state index in [9.17, 15) is 19.5 Å². The van der Waals surface area contributed by atoms with E-state index in [4.69, 9.17) is 5.11 Å². The molecule has 1 atom stereocenters. The number of nitrogens with zero attached hydrogens (tertiary/aromatic N) is 1. The molecule has 2 aromatic rings. The monoisotopic (exact) mass is 415 g/mol. The maximum atomic E-state index is 12.6. The average molecular weight is 416 g/mol. The highest BCUT2D eigenvalue weighted by atomic mass is 79.9. The summed E-state index contributed by atoms with van der Waals surface area (Å²) in [5, 5.41) is 19.8.